The number of carbonyl (C=O) groups is 1. The molecule has 1 aromatic heterocycles. The predicted molar refractivity (Wildman–Crippen MR) is 127 cm³/mol. The summed E-state index contributed by atoms with van der Waals surface area (Å²) in [5, 5.41) is 1.08. The molecule has 7 heteroatoms. The van der Waals surface area contributed by atoms with Gasteiger partial charge in [-0.3, -0.25) is 19.4 Å². The lowest BCUT2D eigenvalue weighted by Gasteiger charge is -2.48. The number of methoxy groups -OCH3 is 1. The van der Waals surface area contributed by atoms with Crippen LogP contribution in [0.3, 0.4) is 0 Å². The van der Waals surface area contributed by atoms with E-state index in [0.717, 1.165) is 68.3 Å². The van der Waals surface area contributed by atoms with Crippen LogP contribution in [-0.2, 0) is 22.6 Å². The van der Waals surface area contributed by atoms with Crippen molar-refractivity contribution in [3.63, 3.8) is 0 Å². The van der Waals surface area contributed by atoms with Crippen LogP contribution in [0.4, 0.5) is 0 Å². The second-order valence-corrected chi connectivity index (χ2v) is 9.40. The number of hydrogen-bond donors (Lipinski definition) is 1. The maximum Gasteiger partial charge on any atom is 0.255 e. The fraction of sp³-hybridized carbons (Fsp3) is 0.600. The van der Waals surface area contributed by atoms with Crippen LogP contribution >= 0.6 is 0 Å². The molecule has 174 valence electrons. The number of aryl methyl sites for hydroxylation is 1. The van der Waals surface area contributed by atoms with Gasteiger partial charge in [0, 0.05) is 38.9 Å². The molecule has 0 spiro atoms. The molecule has 2 aliphatic rings. The second-order valence-electron chi connectivity index (χ2n) is 9.40. The number of rotatable bonds is 7. The van der Waals surface area contributed by atoms with Crippen molar-refractivity contribution in [3.05, 3.63) is 45.7 Å². The highest BCUT2D eigenvalue weighted by molar-refractivity contribution is 5.85. The number of likely N-dealkylation sites (tertiary alicyclic amines) is 2. The Balaban J connectivity index is 1.56. The highest BCUT2D eigenvalue weighted by Gasteiger charge is 2.45. The van der Waals surface area contributed by atoms with Crippen molar-refractivity contribution in [3.8, 4) is 0 Å². The van der Waals surface area contributed by atoms with Crippen molar-refractivity contribution < 1.29 is 9.53 Å². The molecule has 2 aromatic rings. The van der Waals surface area contributed by atoms with E-state index in [-0.39, 0.29) is 11.5 Å². The summed E-state index contributed by atoms with van der Waals surface area (Å²) < 4.78 is 7.08. The smallest absolute Gasteiger partial charge is 0.255 e. The number of nitrogens with two attached hydrogens (primary N) is 1. The SMILES string of the molecule is COCCn1c(=O)c(CN2CCC(C(N)=O)(N3CCCCC3)CC2)cc2cc(C)ccc21. The van der Waals surface area contributed by atoms with Gasteiger partial charge in [-0.1, -0.05) is 18.1 Å². The first-order valence-corrected chi connectivity index (χ1v) is 11.8. The molecule has 0 aliphatic carbocycles. The van der Waals surface area contributed by atoms with Gasteiger partial charge in [0.2, 0.25) is 5.91 Å². The normalized spacial score (nSPS) is 19.9. The Kier molecular flexibility index (Phi) is 6.98. The van der Waals surface area contributed by atoms with Gasteiger partial charge in [0.15, 0.2) is 0 Å². The topological polar surface area (TPSA) is 80.8 Å². The zero-order chi connectivity index (χ0) is 22.7. The van der Waals surface area contributed by atoms with Crippen LogP contribution in [0.25, 0.3) is 10.9 Å². The molecule has 0 atom stereocenters. The van der Waals surface area contributed by atoms with Crippen LogP contribution in [0, 0.1) is 6.92 Å². The van der Waals surface area contributed by atoms with Gasteiger partial charge < -0.3 is 15.0 Å². The molecular weight excluding hydrogens is 404 g/mol. The Morgan fingerprint density at radius 3 is 2.47 bits per heavy atom. The molecule has 4 rings (SSSR count). The number of aromatic nitrogens is 1. The molecule has 7 nitrogen and oxygen atoms in total. The number of piperidine rings is 2. The van der Waals surface area contributed by atoms with Crippen LogP contribution in [0.1, 0.15) is 43.2 Å². The molecule has 2 fully saturated rings. The summed E-state index contributed by atoms with van der Waals surface area (Å²) in [6.07, 6.45) is 4.96. The number of amides is 1. The van der Waals surface area contributed by atoms with E-state index in [2.05, 4.69) is 22.8 Å². The first-order chi connectivity index (χ1) is 15.4. The van der Waals surface area contributed by atoms with E-state index in [1.807, 2.05) is 22.8 Å². The van der Waals surface area contributed by atoms with E-state index >= 15 is 0 Å². The van der Waals surface area contributed by atoms with E-state index in [1.165, 1.54) is 12.0 Å². The van der Waals surface area contributed by atoms with Crippen LogP contribution < -0.4 is 11.3 Å². The minimum absolute atomic E-state index is 0.0428. The van der Waals surface area contributed by atoms with E-state index in [9.17, 15) is 9.59 Å². The van der Waals surface area contributed by atoms with E-state index in [0.29, 0.717) is 19.7 Å². The third-order valence-corrected chi connectivity index (χ3v) is 7.34. The Hall–Kier alpha value is -2.22. The van der Waals surface area contributed by atoms with Crippen LogP contribution in [0.5, 0.6) is 0 Å². The number of primary amides is 1. The number of benzene rings is 1. The quantitative estimate of drug-likeness (QED) is 0.714. The average molecular weight is 441 g/mol. The number of carbonyl (C=O) groups excluding carboxylic acids is 1. The van der Waals surface area contributed by atoms with Crippen LogP contribution in [0.2, 0.25) is 0 Å². The van der Waals surface area contributed by atoms with Crippen molar-refractivity contribution in [2.75, 3.05) is 39.9 Å². The molecule has 0 bridgehead atoms. The minimum atomic E-state index is -0.532. The molecule has 32 heavy (non-hydrogen) atoms. The fourth-order valence-corrected chi connectivity index (χ4v) is 5.45. The molecule has 0 saturated carbocycles. The van der Waals surface area contributed by atoms with Crippen LogP contribution in [0.15, 0.2) is 29.1 Å². The third kappa shape index (κ3) is 4.47. The molecular formula is C25H36N4O3. The van der Waals surface area contributed by atoms with Crippen molar-refractivity contribution in [2.45, 2.75) is 57.7 Å². The first-order valence-electron chi connectivity index (χ1n) is 11.8. The highest BCUT2D eigenvalue weighted by Crippen LogP contribution is 2.32. The van der Waals surface area contributed by atoms with Gasteiger partial charge in [0.05, 0.1) is 12.1 Å². The molecule has 1 amide bonds. The number of pyridine rings is 1. The summed E-state index contributed by atoms with van der Waals surface area (Å²) in [6, 6.07) is 8.23. The largest absolute Gasteiger partial charge is 0.383 e. The minimum Gasteiger partial charge on any atom is -0.383 e. The Labute approximate surface area is 190 Å². The molecule has 2 saturated heterocycles. The summed E-state index contributed by atoms with van der Waals surface area (Å²) in [5.74, 6) is -0.192. The molecule has 3 heterocycles. The summed E-state index contributed by atoms with van der Waals surface area (Å²) in [6.45, 7) is 7.12. The summed E-state index contributed by atoms with van der Waals surface area (Å²) >= 11 is 0. The lowest BCUT2D eigenvalue weighted by atomic mass is 9.83. The zero-order valence-corrected chi connectivity index (χ0v) is 19.4. The summed E-state index contributed by atoms with van der Waals surface area (Å²) in [5.41, 5.74) is 8.35. The molecule has 2 aliphatic heterocycles. The first kappa shape index (κ1) is 23.0. The van der Waals surface area contributed by atoms with Gasteiger partial charge in [-0.05, 0) is 69.3 Å². The Bertz CT molecular complexity index is 1020. The van der Waals surface area contributed by atoms with Gasteiger partial charge in [0.25, 0.3) is 5.56 Å². The molecule has 2 N–H and O–H groups in total. The molecule has 0 radical (unpaired) electrons. The number of nitrogens with zero attached hydrogens (tertiary/aromatic N) is 3. The number of fused-ring (bicyclic) bond motifs is 1. The van der Waals surface area contributed by atoms with Crippen LogP contribution in [-0.4, -0.2) is 65.7 Å². The number of ether oxygens (including phenoxy) is 1. The lowest BCUT2D eigenvalue weighted by molar-refractivity contribution is -0.135. The van der Waals surface area contributed by atoms with Crippen molar-refractivity contribution in [1.82, 2.24) is 14.4 Å². The zero-order valence-electron chi connectivity index (χ0n) is 19.4. The monoisotopic (exact) mass is 440 g/mol. The van der Waals surface area contributed by atoms with Gasteiger partial charge in [-0.15, -0.1) is 0 Å². The standard InChI is InChI=1S/C25H36N4O3/c1-19-6-7-22-20(16-19)17-21(23(30)29(22)14-15-32-2)18-27-12-8-25(9-13-27,24(26)31)28-10-4-3-5-11-28/h6-7,16-17H,3-5,8-15,18H2,1-2H3,(H2,26,31). The van der Waals surface area contributed by atoms with E-state index < -0.39 is 5.54 Å². The fourth-order valence-electron chi connectivity index (χ4n) is 5.45. The number of hydrogen-bond acceptors (Lipinski definition) is 5. The van der Waals surface area contributed by atoms with Gasteiger partial charge in [-0.25, -0.2) is 0 Å². The van der Waals surface area contributed by atoms with Gasteiger partial charge in [0.1, 0.15) is 5.54 Å². The predicted octanol–water partition coefficient (Wildman–Crippen LogP) is 2.26. The van der Waals surface area contributed by atoms with Crippen molar-refractivity contribution >= 4 is 16.8 Å². The lowest BCUT2D eigenvalue weighted by Crippen LogP contribution is -2.63. The van der Waals surface area contributed by atoms with E-state index in [4.69, 9.17) is 10.5 Å². The maximum atomic E-state index is 13.3. The third-order valence-electron chi connectivity index (χ3n) is 7.34. The second kappa shape index (κ2) is 9.73. The Morgan fingerprint density at radius 1 is 1.09 bits per heavy atom. The molecule has 0 unspecified atom stereocenters. The van der Waals surface area contributed by atoms with Crippen molar-refractivity contribution in [2.24, 2.45) is 5.73 Å². The van der Waals surface area contributed by atoms with Gasteiger partial charge in [-0.2, -0.15) is 0 Å². The molecule has 1 aromatic carbocycles. The van der Waals surface area contributed by atoms with Crippen molar-refractivity contribution in [1.29, 1.82) is 0 Å². The van der Waals surface area contributed by atoms with E-state index in [1.54, 1.807) is 7.11 Å². The summed E-state index contributed by atoms with van der Waals surface area (Å²) in [4.78, 5) is 30.5. The highest BCUT2D eigenvalue weighted by atomic mass is 16.5. The maximum absolute atomic E-state index is 13.3. The Morgan fingerprint density at radius 2 is 1.81 bits per heavy atom. The van der Waals surface area contributed by atoms with Gasteiger partial charge >= 0.3 is 0 Å². The average Bonchev–Trinajstić information content (AvgIpc) is 2.80. The summed E-state index contributed by atoms with van der Waals surface area (Å²) in [7, 11) is 1.66.